The van der Waals surface area contributed by atoms with Crippen molar-refractivity contribution in [3.63, 3.8) is 0 Å². The molecule has 2 aromatic rings. The monoisotopic (exact) mass is 312 g/mol. The van der Waals surface area contributed by atoms with E-state index in [0.29, 0.717) is 18.5 Å². The molecule has 0 aliphatic rings. The van der Waals surface area contributed by atoms with Crippen LogP contribution in [-0.2, 0) is 5.88 Å². The van der Waals surface area contributed by atoms with Crippen LogP contribution in [0.25, 0.3) is 11.0 Å². The Hall–Kier alpha value is -0.870. The average molecular weight is 313 g/mol. The summed E-state index contributed by atoms with van der Waals surface area (Å²) in [5, 5.41) is 0. The molecule has 0 fully saturated rings. The molecule has 1 atom stereocenters. The number of rotatable bonds is 7. The lowest BCUT2D eigenvalue weighted by Crippen LogP contribution is -2.10. The lowest BCUT2D eigenvalue weighted by Gasteiger charge is -2.15. The Balaban J connectivity index is 2.50. The Morgan fingerprint density at radius 3 is 2.90 bits per heavy atom. The molecule has 1 unspecified atom stereocenters. The van der Waals surface area contributed by atoms with Gasteiger partial charge in [-0.1, -0.05) is 13.0 Å². The van der Waals surface area contributed by atoms with E-state index in [1.165, 1.54) is 0 Å². The minimum Gasteiger partial charge on any atom is -0.491 e. The molecule has 0 radical (unpaired) electrons. The van der Waals surface area contributed by atoms with Gasteiger partial charge in [-0.15, -0.1) is 11.6 Å². The van der Waals surface area contributed by atoms with Crippen molar-refractivity contribution in [2.75, 3.05) is 18.6 Å². The van der Waals surface area contributed by atoms with Crippen LogP contribution >= 0.6 is 23.4 Å². The van der Waals surface area contributed by atoms with Gasteiger partial charge in [-0.3, -0.25) is 0 Å². The summed E-state index contributed by atoms with van der Waals surface area (Å²) in [5.74, 6) is 3.22. The summed E-state index contributed by atoms with van der Waals surface area (Å²) in [4.78, 5) is 4.68. The first-order valence-electron chi connectivity index (χ1n) is 6.90. The smallest absolute Gasteiger partial charge is 0.147 e. The summed E-state index contributed by atoms with van der Waals surface area (Å²) in [5.41, 5.74) is 2.03. The topological polar surface area (TPSA) is 27.1 Å². The number of imidazole rings is 1. The Morgan fingerprint density at radius 1 is 1.45 bits per heavy atom. The zero-order chi connectivity index (χ0) is 14.5. The highest BCUT2D eigenvalue weighted by atomic mass is 35.5. The highest BCUT2D eigenvalue weighted by molar-refractivity contribution is 7.98. The van der Waals surface area contributed by atoms with Crippen molar-refractivity contribution in [1.29, 1.82) is 0 Å². The van der Waals surface area contributed by atoms with E-state index in [0.717, 1.165) is 34.8 Å². The first-order chi connectivity index (χ1) is 9.72. The van der Waals surface area contributed by atoms with Crippen LogP contribution in [0.15, 0.2) is 18.2 Å². The molecule has 0 spiro atoms. The molecular formula is C15H21ClN2OS. The third-order valence-corrected chi connectivity index (χ3v) is 4.24. The predicted molar refractivity (Wildman–Crippen MR) is 88.2 cm³/mol. The van der Waals surface area contributed by atoms with Crippen molar-refractivity contribution in [3.05, 3.63) is 24.0 Å². The number of halogens is 1. The second-order valence-corrected chi connectivity index (χ2v) is 5.99. The second kappa shape index (κ2) is 7.23. The van der Waals surface area contributed by atoms with E-state index in [-0.39, 0.29) is 0 Å². The zero-order valence-electron chi connectivity index (χ0n) is 12.2. The highest BCUT2D eigenvalue weighted by Crippen LogP contribution is 2.30. The average Bonchev–Trinajstić information content (AvgIpc) is 2.84. The first kappa shape index (κ1) is 15.5. The van der Waals surface area contributed by atoms with Crippen molar-refractivity contribution in [2.24, 2.45) is 0 Å². The maximum absolute atomic E-state index is 6.07. The third kappa shape index (κ3) is 3.07. The van der Waals surface area contributed by atoms with Crippen LogP contribution in [0.1, 0.15) is 32.1 Å². The Morgan fingerprint density at radius 2 is 2.25 bits per heavy atom. The van der Waals surface area contributed by atoms with Crippen molar-refractivity contribution in [2.45, 2.75) is 32.2 Å². The van der Waals surface area contributed by atoms with Crippen LogP contribution in [0.2, 0.25) is 0 Å². The second-order valence-electron chi connectivity index (χ2n) is 4.81. The molecular weight excluding hydrogens is 292 g/mol. The van der Waals surface area contributed by atoms with E-state index in [9.17, 15) is 0 Å². The van der Waals surface area contributed by atoms with E-state index in [4.69, 9.17) is 16.3 Å². The fraction of sp³-hybridized carbons (Fsp3) is 0.533. The minimum absolute atomic E-state index is 0.366. The van der Waals surface area contributed by atoms with Crippen LogP contribution in [0.5, 0.6) is 5.75 Å². The molecule has 0 aliphatic heterocycles. The van der Waals surface area contributed by atoms with Crippen molar-refractivity contribution in [3.8, 4) is 5.75 Å². The zero-order valence-corrected chi connectivity index (χ0v) is 13.8. The van der Waals surface area contributed by atoms with Gasteiger partial charge in [0.1, 0.15) is 17.1 Å². The Bertz CT molecular complexity index is 570. The summed E-state index contributed by atoms with van der Waals surface area (Å²) < 4.78 is 8.03. The van der Waals surface area contributed by atoms with Crippen LogP contribution in [0, 0.1) is 0 Å². The Labute approximate surface area is 129 Å². The van der Waals surface area contributed by atoms with Gasteiger partial charge < -0.3 is 9.30 Å². The number of para-hydroxylation sites is 1. The molecule has 0 saturated heterocycles. The van der Waals surface area contributed by atoms with E-state index in [2.05, 4.69) is 35.7 Å². The SMILES string of the molecule is CCCOc1cccc2c1nc(CCl)n2C(C)CSC. The molecule has 1 heterocycles. The predicted octanol–water partition coefficient (Wildman–Crippen LogP) is 4.49. The van der Waals surface area contributed by atoms with E-state index < -0.39 is 0 Å². The molecule has 0 bridgehead atoms. The molecule has 1 aromatic heterocycles. The molecule has 110 valence electrons. The number of aromatic nitrogens is 2. The molecule has 20 heavy (non-hydrogen) atoms. The van der Waals surface area contributed by atoms with Crippen LogP contribution < -0.4 is 4.74 Å². The summed E-state index contributed by atoms with van der Waals surface area (Å²) in [6.45, 7) is 5.01. The number of fused-ring (bicyclic) bond motifs is 1. The van der Waals surface area contributed by atoms with Gasteiger partial charge in [0.25, 0.3) is 0 Å². The van der Waals surface area contributed by atoms with Crippen molar-refractivity contribution < 1.29 is 4.74 Å². The largest absolute Gasteiger partial charge is 0.491 e. The standard InChI is InChI=1S/C15H21ClN2OS/c1-4-8-19-13-7-5-6-12-15(13)17-14(9-16)18(12)11(2)10-20-3/h5-7,11H,4,8-10H2,1-3H3. The maximum Gasteiger partial charge on any atom is 0.147 e. The van der Waals surface area contributed by atoms with Gasteiger partial charge >= 0.3 is 0 Å². The van der Waals surface area contributed by atoms with E-state index >= 15 is 0 Å². The van der Waals surface area contributed by atoms with Gasteiger partial charge in [0, 0.05) is 11.8 Å². The van der Waals surface area contributed by atoms with E-state index in [1.54, 1.807) is 0 Å². The molecule has 2 rings (SSSR count). The minimum atomic E-state index is 0.366. The normalized spacial score (nSPS) is 12.8. The van der Waals surface area contributed by atoms with Crippen LogP contribution in [-0.4, -0.2) is 28.2 Å². The fourth-order valence-corrected chi connectivity index (χ4v) is 3.19. The highest BCUT2D eigenvalue weighted by Gasteiger charge is 2.17. The maximum atomic E-state index is 6.07. The van der Waals surface area contributed by atoms with Crippen LogP contribution in [0.3, 0.4) is 0 Å². The van der Waals surface area contributed by atoms with E-state index in [1.807, 2.05) is 23.9 Å². The summed E-state index contributed by atoms with van der Waals surface area (Å²) in [6, 6.07) is 6.46. The lowest BCUT2D eigenvalue weighted by molar-refractivity contribution is 0.320. The van der Waals surface area contributed by atoms with Gasteiger partial charge in [-0.2, -0.15) is 11.8 Å². The van der Waals surface area contributed by atoms with Gasteiger partial charge in [0.2, 0.25) is 0 Å². The quantitative estimate of drug-likeness (QED) is 0.705. The molecule has 3 nitrogen and oxygen atoms in total. The van der Waals surface area contributed by atoms with Gasteiger partial charge in [0.15, 0.2) is 0 Å². The number of thioether (sulfide) groups is 1. The number of benzene rings is 1. The molecule has 0 aliphatic carbocycles. The van der Waals surface area contributed by atoms with Gasteiger partial charge in [-0.25, -0.2) is 4.98 Å². The first-order valence-corrected chi connectivity index (χ1v) is 8.83. The summed E-state index contributed by atoms with van der Waals surface area (Å²) in [7, 11) is 0. The molecule has 0 amide bonds. The number of alkyl halides is 1. The fourth-order valence-electron chi connectivity index (χ4n) is 2.37. The number of hydrogen-bond acceptors (Lipinski definition) is 3. The number of hydrogen-bond donors (Lipinski definition) is 0. The molecule has 0 N–H and O–H groups in total. The van der Waals surface area contributed by atoms with Crippen molar-refractivity contribution in [1.82, 2.24) is 9.55 Å². The Kier molecular flexibility index (Phi) is 5.61. The van der Waals surface area contributed by atoms with Gasteiger partial charge in [-0.05, 0) is 31.7 Å². The lowest BCUT2D eigenvalue weighted by atomic mass is 10.2. The molecule has 5 heteroatoms. The van der Waals surface area contributed by atoms with Crippen molar-refractivity contribution >= 4 is 34.4 Å². The molecule has 0 saturated carbocycles. The third-order valence-electron chi connectivity index (χ3n) is 3.19. The molecule has 1 aromatic carbocycles. The van der Waals surface area contributed by atoms with Crippen LogP contribution in [0.4, 0.5) is 0 Å². The van der Waals surface area contributed by atoms with Gasteiger partial charge in [0.05, 0.1) is 18.0 Å². The number of ether oxygens (including phenoxy) is 1. The summed E-state index contributed by atoms with van der Waals surface area (Å²) >= 11 is 7.90. The summed E-state index contributed by atoms with van der Waals surface area (Å²) in [6.07, 6.45) is 3.11. The number of nitrogens with zero attached hydrogens (tertiary/aromatic N) is 2.